The largest absolute Gasteiger partial charge is 0.135 e. The molecule has 0 N–H and O–H groups in total. The van der Waals surface area contributed by atoms with Crippen LogP contribution in [0.5, 0.6) is 0 Å². The number of rotatable bonds is 0. The van der Waals surface area contributed by atoms with E-state index in [9.17, 15) is 0 Å². The molecule has 4 bridgehead atoms. The van der Waals surface area contributed by atoms with Gasteiger partial charge in [-0.2, -0.15) is 0 Å². The highest BCUT2D eigenvalue weighted by atomic mass is 35.5. The van der Waals surface area contributed by atoms with Crippen LogP contribution in [0.15, 0.2) is 54.6 Å². The molecule has 5 aliphatic rings. The molecule has 9 rings (SSSR count). The van der Waals surface area contributed by atoms with Gasteiger partial charge in [-0.05, 0) is 108 Å². The molecular formula is C28H23ClS. The van der Waals surface area contributed by atoms with Crippen molar-refractivity contribution in [1.82, 2.24) is 0 Å². The second kappa shape index (κ2) is 5.50. The van der Waals surface area contributed by atoms with Crippen LogP contribution in [0.3, 0.4) is 0 Å². The third kappa shape index (κ3) is 1.87. The second-order valence-electron chi connectivity index (χ2n) is 10.4. The van der Waals surface area contributed by atoms with Crippen molar-refractivity contribution in [3.8, 4) is 11.1 Å². The molecular weight excluding hydrogens is 404 g/mol. The lowest BCUT2D eigenvalue weighted by molar-refractivity contribution is -0.0398. The molecule has 0 unspecified atom stereocenters. The molecule has 0 aliphatic heterocycles. The van der Waals surface area contributed by atoms with E-state index >= 15 is 0 Å². The van der Waals surface area contributed by atoms with E-state index in [0.29, 0.717) is 0 Å². The zero-order valence-electron chi connectivity index (χ0n) is 16.8. The lowest BCUT2D eigenvalue weighted by atomic mass is 9.43. The topological polar surface area (TPSA) is 0 Å². The summed E-state index contributed by atoms with van der Waals surface area (Å²) in [6.07, 6.45) is 7.17. The summed E-state index contributed by atoms with van der Waals surface area (Å²) in [7, 11) is 0. The molecule has 4 saturated carbocycles. The van der Waals surface area contributed by atoms with Gasteiger partial charge in [0.25, 0.3) is 0 Å². The van der Waals surface area contributed by atoms with Crippen molar-refractivity contribution >= 4 is 43.1 Å². The standard InChI is InChI=1S/C28H23ClS/c29-19-5-6-20-22-13-23-21-3-1-2-4-26(21)30-27(23)14-25(22)28(24(20)12-19)17-8-15-7-16(10-17)11-18(28)9-15/h1-6,12-18H,7-11H2. The Labute approximate surface area is 185 Å². The van der Waals surface area contributed by atoms with Gasteiger partial charge in [0.05, 0.1) is 0 Å². The minimum absolute atomic E-state index is 0.202. The molecule has 4 aromatic rings. The van der Waals surface area contributed by atoms with E-state index in [1.165, 1.54) is 63.4 Å². The van der Waals surface area contributed by atoms with E-state index in [0.717, 1.165) is 28.7 Å². The zero-order chi connectivity index (χ0) is 19.6. The van der Waals surface area contributed by atoms with Gasteiger partial charge >= 0.3 is 0 Å². The smallest absolute Gasteiger partial charge is 0.0409 e. The molecule has 0 saturated heterocycles. The molecule has 1 aromatic heterocycles. The fourth-order valence-electron chi connectivity index (χ4n) is 8.38. The van der Waals surface area contributed by atoms with Crippen LogP contribution in [0, 0.1) is 23.7 Å². The van der Waals surface area contributed by atoms with Crippen LogP contribution < -0.4 is 0 Å². The first-order valence-electron chi connectivity index (χ1n) is 11.5. The summed E-state index contributed by atoms with van der Waals surface area (Å²) in [5.74, 6) is 3.52. The molecule has 30 heavy (non-hydrogen) atoms. The zero-order valence-corrected chi connectivity index (χ0v) is 18.4. The van der Waals surface area contributed by atoms with Gasteiger partial charge in [-0.15, -0.1) is 11.3 Å². The molecule has 1 heterocycles. The molecule has 2 heteroatoms. The van der Waals surface area contributed by atoms with Crippen molar-refractivity contribution in [3.05, 3.63) is 70.7 Å². The number of hydrogen-bond donors (Lipinski definition) is 0. The Morgan fingerprint density at radius 2 is 1.43 bits per heavy atom. The summed E-state index contributed by atoms with van der Waals surface area (Å²) in [5, 5.41) is 3.74. The van der Waals surface area contributed by atoms with Crippen LogP contribution in [-0.4, -0.2) is 0 Å². The highest BCUT2D eigenvalue weighted by Gasteiger charge is 2.61. The molecule has 0 amide bonds. The van der Waals surface area contributed by atoms with Crippen molar-refractivity contribution in [2.45, 2.75) is 37.5 Å². The summed E-state index contributed by atoms with van der Waals surface area (Å²) in [6, 6.07) is 20.8. The molecule has 0 nitrogen and oxygen atoms in total. The Bertz CT molecular complexity index is 1350. The Morgan fingerprint density at radius 1 is 0.700 bits per heavy atom. The summed E-state index contributed by atoms with van der Waals surface area (Å²) in [4.78, 5) is 0. The average molecular weight is 427 g/mol. The number of hydrogen-bond acceptors (Lipinski definition) is 1. The predicted octanol–water partition coefficient (Wildman–Crippen LogP) is 8.43. The molecule has 5 aliphatic carbocycles. The fraction of sp³-hybridized carbons (Fsp3) is 0.357. The van der Waals surface area contributed by atoms with E-state index in [2.05, 4.69) is 54.6 Å². The second-order valence-corrected chi connectivity index (χ2v) is 11.9. The van der Waals surface area contributed by atoms with Crippen LogP contribution in [0.25, 0.3) is 31.3 Å². The minimum Gasteiger partial charge on any atom is -0.135 e. The van der Waals surface area contributed by atoms with Gasteiger partial charge < -0.3 is 0 Å². The molecule has 4 fully saturated rings. The summed E-state index contributed by atoms with van der Waals surface area (Å²) >= 11 is 8.59. The van der Waals surface area contributed by atoms with Crippen LogP contribution in [0.2, 0.25) is 5.02 Å². The molecule has 3 aromatic carbocycles. The summed E-state index contributed by atoms with van der Waals surface area (Å²) in [5.41, 5.74) is 6.34. The highest BCUT2D eigenvalue weighted by molar-refractivity contribution is 7.25. The van der Waals surface area contributed by atoms with E-state index in [1.807, 2.05) is 11.3 Å². The van der Waals surface area contributed by atoms with E-state index in [-0.39, 0.29) is 5.41 Å². The van der Waals surface area contributed by atoms with Gasteiger partial charge in [0.2, 0.25) is 0 Å². The summed E-state index contributed by atoms with van der Waals surface area (Å²) < 4.78 is 2.87. The third-order valence-electron chi connectivity index (χ3n) is 9.11. The minimum atomic E-state index is 0.202. The Kier molecular flexibility index (Phi) is 3.08. The van der Waals surface area contributed by atoms with Gasteiger partial charge in [-0.25, -0.2) is 0 Å². The molecule has 0 atom stereocenters. The van der Waals surface area contributed by atoms with Gasteiger partial charge in [0.1, 0.15) is 0 Å². The highest BCUT2D eigenvalue weighted by Crippen LogP contribution is 2.69. The SMILES string of the molecule is Clc1ccc2c(c1)C1(c3cc4sc5ccccc5c4cc3-2)C2CC3CC(C2)CC1C3. The maximum atomic E-state index is 6.63. The predicted molar refractivity (Wildman–Crippen MR) is 128 cm³/mol. The number of benzene rings is 3. The van der Waals surface area contributed by atoms with Gasteiger partial charge in [-0.1, -0.05) is 35.9 Å². The molecule has 1 spiro atoms. The van der Waals surface area contributed by atoms with Crippen LogP contribution in [0.1, 0.15) is 43.2 Å². The maximum absolute atomic E-state index is 6.63. The molecule has 0 radical (unpaired) electrons. The fourth-order valence-corrected chi connectivity index (χ4v) is 9.68. The Morgan fingerprint density at radius 3 is 2.23 bits per heavy atom. The number of halogens is 1. The van der Waals surface area contributed by atoms with Gasteiger partial charge in [0.15, 0.2) is 0 Å². The summed E-state index contributed by atoms with van der Waals surface area (Å²) in [6.45, 7) is 0. The first-order valence-corrected chi connectivity index (χ1v) is 12.7. The monoisotopic (exact) mass is 426 g/mol. The first-order chi connectivity index (χ1) is 14.7. The van der Waals surface area contributed by atoms with Crippen LogP contribution in [-0.2, 0) is 5.41 Å². The Balaban J connectivity index is 1.50. The first kappa shape index (κ1) is 16.8. The number of fused-ring (bicyclic) bond motifs is 6. The maximum Gasteiger partial charge on any atom is 0.0409 e. The average Bonchev–Trinajstić information content (AvgIpc) is 3.23. The van der Waals surface area contributed by atoms with Gasteiger partial charge in [0, 0.05) is 30.6 Å². The van der Waals surface area contributed by atoms with Crippen molar-refractivity contribution in [1.29, 1.82) is 0 Å². The van der Waals surface area contributed by atoms with E-state index < -0.39 is 0 Å². The van der Waals surface area contributed by atoms with E-state index in [1.54, 1.807) is 11.1 Å². The van der Waals surface area contributed by atoms with Crippen molar-refractivity contribution < 1.29 is 0 Å². The van der Waals surface area contributed by atoms with E-state index in [4.69, 9.17) is 11.6 Å². The molecule has 148 valence electrons. The van der Waals surface area contributed by atoms with Crippen LogP contribution >= 0.6 is 22.9 Å². The van der Waals surface area contributed by atoms with Crippen molar-refractivity contribution in [2.24, 2.45) is 23.7 Å². The van der Waals surface area contributed by atoms with Crippen molar-refractivity contribution in [2.75, 3.05) is 0 Å². The quantitative estimate of drug-likeness (QED) is 0.264. The third-order valence-corrected chi connectivity index (χ3v) is 10.5. The lowest BCUT2D eigenvalue weighted by Gasteiger charge is -2.61. The number of thiophene rings is 1. The normalized spacial score (nSPS) is 33.0. The van der Waals surface area contributed by atoms with Crippen LogP contribution in [0.4, 0.5) is 0 Å². The van der Waals surface area contributed by atoms with Crippen molar-refractivity contribution in [3.63, 3.8) is 0 Å². The lowest BCUT2D eigenvalue weighted by Crippen LogP contribution is -2.55. The van der Waals surface area contributed by atoms with Gasteiger partial charge in [-0.3, -0.25) is 0 Å². The Hall–Kier alpha value is -1.83.